The van der Waals surface area contributed by atoms with E-state index in [0.29, 0.717) is 5.25 Å². The lowest BCUT2D eigenvalue weighted by Crippen LogP contribution is -2.47. The SMILES string of the molecule is S[C@H]1C[C@H](N2CCCCC2)C1. The molecule has 1 aliphatic carbocycles. The predicted octanol–water partition coefficient (Wildman–Crippen LogP) is 1.93. The molecule has 1 aliphatic heterocycles. The normalized spacial score (nSPS) is 40.1. The van der Waals surface area contributed by atoms with Crippen LogP contribution in [0, 0.1) is 0 Å². The van der Waals surface area contributed by atoms with E-state index in [1.807, 2.05) is 0 Å². The molecule has 0 bridgehead atoms. The van der Waals surface area contributed by atoms with Gasteiger partial charge in [-0.25, -0.2) is 0 Å². The van der Waals surface area contributed by atoms with E-state index >= 15 is 0 Å². The summed E-state index contributed by atoms with van der Waals surface area (Å²) in [6.45, 7) is 2.70. The Morgan fingerprint density at radius 2 is 1.64 bits per heavy atom. The van der Waals surface area contributed by atoms with E-state index in [1.54, 1.807) is 0 Å². The highest BCUT2D eigenvalue weighted by atomic mass is 32.1. The van der Waals surface area contributed by atoms with Crippen molar-refractivity contribution in [3.8, 4) is 0 Å². The van der Waals surface area contributed by atoms with Gasteiger partial charge in [0.2, 0.25) is 0 Å². The monoisotopic (exact) mass is 171 g/mol. The third-order valence-corrected chi connectivity index (χ3v) is 3.42. The number of rotatable bonds is 1. The second-order valence-electron chi connectivity index (χ2n) is 3.88. The fourth-order valence-electron chi connectivity index (χ4n) is 2.14. The number of nitrogens with zero attached hydrogens (tertiary/aromatic N) is 1. The first-order chi connectivity index (χ1) is 5.36. The minimum absolute atomic E-state index is 0.710. The van der Waals surface area contributed by atoms with Gasteiger partial charge < -0.3 is 4.90 Å². The first kappa shape index (κ1) is 7.93. The lowest BCUT2D eigenvalue weighted by Gasteiger charge is -2.42. The molecule has 1 nitrogen and oxygen atoms in total. The lowest BCUT2D eigenvalue weighted by molar-refractivity contribution is 0.110. The summed E-state index contributed by atoms with van der Waals surface area (Å²) in [6.07, 6.45) is 6.97. The molecule has 0 spiro atoms. The van der Waals surface area contributed by atoms with Crippen LogP contribution in [0.3, 0.4) is 0 Å². The van der Waals surface area contributed by atoms with E-state index in [9.17, 15) is 0 Å². The van der Waals surface area contributed by atoms with Crippen molar-refractivity contribution in [1.29, 1.82) is 0 Å². The van der Waals surface area contributed by atoms with Crippen LogP contribution < -0.4 is 0 Å². The van der Waals surface area contributed by atoms with Gasteiger partial charge in [-0.2, -0.15) is 12.6 Å². The second kappa shape index (κ2) is 3.36. The van der Waals surface area contributed by atoms with Crippen LogP contribution in [0.1, 0.15) is 32.1 Å². The molecule has 1 saturated heterocycles. The van der Waals surface area contributed by atoms with Gasteiger partial charge in [-0.15, -0.1) is 0 Å². The third kappa shape index (κ3) is 1.73. The van der Waals surface area contributed by atoms with E-state index in [-0.39, 0.29) is 0 Å². The van der Waals surface area contributed by atoms with Crippen LogP contribution in [0.2, 0.25) is 0 Å². The summed E-state index contributed by atoms with van der Waals surface area (Å²) in [7, 11) is 0. The van der Waals surface area contributed by atoms with E-state index in [4.69, 9.17) is 0 Å². The summed E-state index contributed by atoms with van der Waals surface area (Å²) in [5.74, 6) is 0. The Labute approximate surface area is 74.6 Å². The van der Waals surface area contributed by atoms with E-state index < -0.39 is 0 Å². The van der Waals surface area contributed by atoms with Crippen molar-refractivity contribution < 1.29 is 0 Å². The van der Waals surface area contributed by atoms with Gasteiger partial charge in [0.05, 0.1) is 0 Å². The van der Waals surface area contributed by atoms with Crippen LogP contribution in [-0.2, 0) is 0 Å². The van der Waals surface area contributed by atoms with Gasteiger partial charge in [0.15, 0.2) is 0 Å². The smallest absolute Gasteiger partial charge is 0.0116 e. The molecule has 2 fully saturated rings. The quantitative estimate of drug-likeness (QED) is 0.590. The van der Waals surface area contributed by atoms with Gasteiger partial charge in [0, 0.05) is 11.3 Å². The zero-order valence-corrected chi connectivity index (χ0v) is 7.89. The Morgan fingerprint density at radius 3 is 2.18 bits per heavy atom. The molecule has 2 rings (SSSR count). The van der Waals surface area contributed by atoms with Crippen molar-refractivity contribution in [3.63, 3.8) is 0 Å². The van der Waals surface area contributed by atoms with Crippen molar-refractivity contribution in [1.82, 2.24) is 4.90 Å². The van der Waals surface area contributed by atoms with Crippen LogP contribution in [0.5, 0.6) is 0 Å². The fraction of sp³-hybridized carbons (Fsp3) is 1.00. The third-order valence-electron chi connectivity index (χ3n) is 3.00. The Balaban J connectivity index is 1.76. The zero-order valence-electron chi connectivity index (χ0n) is 7.00. The zero-order chi connectivity index (χ0) is 7.68. The highest BCUT2D eigenvalue weighted by Gasteiger charge is 2.31. The predicted molar refractivity (Wildman–Crippen MR) is 51.2 cm³/mol. The molecule has 11 heavy (non-hydrogen) atoms. The van der Waals surface area contributed by atoms with E-state index in [2.05, 4.69) is 17.5 Å². The number of thiol groups is 1. The maximum atomic E-state index is 4.44. The highest BCUT2D eigenvalue weighted by molar-refractivity contribution is 7.81. The van der Waals surface area contributed by atoms with Gasteiger partial charge >= 0.3 is 0 Å². The molecular weight excluding hydrogens is 154 g/mol. The van der Waals surface area contributed by atoms with Crippen molar-refractivity contribution in [3.05, 3.63) is 0 Å². The Morgan fingerprint density at radius 1 is 1.00 bits per heavy atom. The minimum atomic E-state index is 0.710. The molecule has 0 aromatic rings. The van der Waals surface area contributed by atoms with Gasteiger partial charge in [0.1, 0.15) is 0 Å². The molecular formula is C9H17NS. The molecule has 0 aromatic carbocycles. The molecule has 0 N–H and O–H groups in total. The minimum Gasteiger partial charge on any atom is -0.300 e. The molecule has 0 unspecified atom stereocenters. The number of likely N-dealkylation sites (tertiary alicyclic amines) is 1. The van der Waals surface area contributed by atoms with Gasteiger partial charge in [0.25, 0.3) is 0 Å². The molecule has 0 aromatic heterocycles. The summed E-state index contributed by atoms with van der Waals surface area (Å²) < 4.78 is 0. The first-order valence-electron chi connectivity index (χ1n) is 4.78. The lowest BCUT2D eigenvalue weighted by atomic mass is 9.89. The number of hydrogen-bond donors (Lipinski definition) is 1. The maximum absolute atomic E-state index is 4.44. The molecule has 2 heteroatoms. The van der Waals surface area contributed by atoms with Gasteiger partial charge in [-0.3, -0.25) is 0 Å². The largest absolute Gasteiger partial charge is 0.300 e. The van der Waals surface area contributed by atoms with Crippen molar-refractivity contribution in [2.75, 3.05) is 13.1 Å². The van der Waals surface area contributed by atoms with Crippen LogP contribution >= 0.6 is 12.6 Å². The topological polar surface area (TPSA) is 3.24 Å². The Kier molecular flexibility index (Phi) is 2.42. The molecule has 0 atom stereocenters. The average Bonchev–Trinajstić information content (AvgIpc) is 2.01. The van der Waals surface area contributed by atoms with Crippen LogP contribution in [0.25, 0.3) is 0 Å². The first-order valence-corrected chi connectivity index (χ1v) is 5.30. The van der Waals surface area contributed by atoms with Crippen LogP contribution in [0.4, 0.5) is 0 Å². The average molecular weight is 171 g/mol. The van der Waals surface area contributed by atoms with Crippen molar-refractivity contribution in [2.45, 2.75) is 43.4 Å². The maximum Gasteiger partial charge on any atom is 0.0116 e. The Hall–Kier alpha value is 0.310. The van der Waals surface area contributed by atoms with Gasteiger partial charge in [-0.1, -0.05) is 6.42 Å². The molecule has 1 saturated carbocycles. The van der Waals surface area contributed by atoms with Gasteiger partial charge in [-0.05, 0) is 38.8 Å². The second-order valence-corrected chi connectivity index (χ2v) is 4.61. The summed E-state index contributed by atoms with van der Waals surface area (Å²) >= 11 is 4.44. The highest BCUT2D eigenvalue weighted by Crippen LogP contribution is 2.31. The summed E-state index contributed by atoms with van der Waals surface area (Å²) in [6, 6.07) is 0.901. The Bertz CT molecular complexity index is 126. The number of piperidine rings is 1. The van der Waals surface area contributed by atoms with E-state index in [1.165, 1.54) is 45.2 Å². The van der Waals surface area contributed by atoms with Crippen LogP contribution in [0.15, 0.2) is 0 Å². The van der Waals surface area contributed by atoms with Crippen molar-refractivity contribution >= 4 is 12.6 Å². The number of hydrogen-bond acceptors (Lipinski definition) is 2. The van der Waals surface area contributed by atoms with E-state index in [0.717, 1.165) is 6.04 Å². The molecule has 1 heterocycles. The summed E-state index contributed by atoms with van der Waals surface area (Å²) in [4.78, 5) is 2.66. The fourth-order valence-corrected chi connectivity index (χ4v) is 2.63. The standard InChI is InChI=1S/C9H17NS/c11-9-6-8(7-9)10-4-2-1-3-5-10/h8-9,11H,1-7H2/t8-,9-. The van der Waals surface area contributed by atoms with Crippen LogP contribution in [-0.4, -0.2) is 29.3 Å². The van der Waals surface area contributed by atoms with Crippen molar-refractivity contribution in [2.24, 2.45) is 0 Å². The molecule has 0 amide bonds. The molecule has 2 aliphatic rings. The summed E-state index contributed by atoms with van der Waals surface area (Å²) in [5.41, 5.74) is 0. The summed E-state index contributed by atoms with van der Waals surface area (Å²) in [5, 5.41) is 0.710. The molecule has 0 radical (unpaired) electrons. The molecule has 64 valence electrons.